The van der Waals surface area contributed by atoms with Gasteiger partial charge in [0.2, 0.25) is 0 Å². The fourth-order valence-electron chi connectivity index (χ4n) is 4.08. The van der Waals surface area contributed by atoms with E-state index in [-0.39, 0.29) is 11.5 Å². The summed E-state index contributed by atoms with van der Waals surface area (Å²) in [5, 5.41) is 4.85. The van der Waals surface area contributed by atoms with Crippen LogP contribution in [0.4, 0.5) is 10.5 Å². The van der Waals surface area contributed by atoms with Crippen LogP contribution in [0.3, 0.4) is 0 Å². The molecule has 0 atom stereocenters. The van der Waals surface area contributed by atoms with Crippen molar-refractivity contribution in [1.82, 2.24) is 19.5 Å². The van der Waals surface area contributed by atoms with E-state index in [4.69, 9.17) is 16.3 Å². The molecule has 4 rings (SSSR count). The number of piperazine rings is 1. The molecule has 176 valence electrons. The Hall–Kier alpha value is -2.80. The monoisotopic (exact) mass is 469 g/mol. The summed E-state index contributed by atoms with van der Waals surface area (Å²) < 4.78 is 7.32. The van der Waals surface area contributed by atoms with E-state index in [2.05, 4.69) is 54.0 Å². The predicted octanol–water partition coefficient (Wildman–Crippen LogP) is 5.40. The molecule has 0 unspecified atom stereocenters. The van der Waals surface area contributed by atoms with E-state index in [1.54, 1.807) is 15.5 Å². The van der Waals surface area contributed by atoms with E-state index in [1.165, 1.54) is 11.3 Å². The molecule has 1 fully saturated rings. The Kier molecular flexibility index (Phi) is 6.03. The van der Waals surface area contributed by atoms with E-state index in [0.29, 0.717) is 18.2 Å². The lowest BCUT2D eigenvalue weighted by atomic mass is 9.84. The van der Waals surface area contributed by atoms with E-state index < -0.39 is 5.60 Å². The lowest BCUT2D eigenvalue weighted by molar-refractivity contribution is 0.0240. The van der Waals surface area contributed by atoms with E-state index >= 15 is 0 Å². The third-order valence-corrected chi connectivity index (χ3v) is 5.90. The second kappa shape index (κ2) is 8.52. The number of amides is 1. The Morgan fingerprint density at radius 3 is 2.33 bits per heavy atom. The molecule has 2 aromatic heterocycles. The first-order valence-corrected chi connectivity index (χ1v) is 11.7. The molecule has 1 aliphatic rings. The zero-order valence-corrected chi connectivity index (χ0v) is 21.0. The van der Waals surface area contributed by atoms with Crippen LogP contribution in [0.5, 0.6) is 0 Å². The predicted molar refractivity (Wildman–Crippen MR) is 132 cm³/mol. The lowest BCUT2D eigenvalue weighted by Crippen LogP contribution is -2.50. The molecule has 0 saturated carbocycles. The largest absolute Gasteiger partial charge is 0.444 e. The Morgan fingerprint density at radius 1 is 1.00 bits per heavy atom. The van der Waals surface area contributed by atoms with Gasteiger partial charge in [0.1, 0.15) is 10.8 Å². The van der Waals surface area contributed by atoms with Crippen LogP contribution >= 0.6 is 11.6 Å². The van der Waals surface area contributed by atoms with Gasteiger partial charge in [0.15, 0.2) is 5.65 Å². The number of fused-ring (bicyclic) bond motifs is 1. The van der Waals surface area contributed by atoms with Crippen LogP contribution in [0.1, 0.15) is 47.1 Å². The van der Waals surface area contributed by atoms with Gasteiger partial charge in [0.05, 0.1) is 11.9 Å². The van der Waals surface area contributed by atoms with Gasteiger partial charge in [-0.05, 0) is 56.0 Å². The highest BCUT2D eigenvalue weighted by molar-refractivity contribution is 6.29. The second-order valence-corrected chi connectivity index (χ2v) is 10.9. The number of carbonyl (C=O) groups excluding carboxylic acids is 1. The first-order chi connectivity index (χ1) is 15.4. The maximum Gasteiger partial charge on any atom is 0.410 e. The Balaban J connectivity index is 1.61. The summed E-state index contributed by atoms with van der Waals surface area (Å²) in [5.41, 5.74) is 4.57. The average molecular weight is 470 g/mol. The summed E-state index contributed by atoms with van der Waals surface area (Å²) in [5.74, 6) is 0. The number of anilines is 1. The summed E-state index contributed by atoms with van der Waals surface area (Å²) >= 11 is 6.13. The van der Waals surface area contributed by atoms with Crippen molar-refractivity contribution in [3.05, 3.63) is 47.2 Å². The molecule has 0 spiro atoms. The van der Waals surface area contributed by atoms with Crippen molar-refractivity contribution in [3.63, 3.8) is 0 Å². The van der Waals surface area contributed by atoms with Gasteiger partial charge >= 0.3 is 6.09 Å². The minimum absolute atomic E-state index is 0.0702. The summed E-state index contributed by atoms with van der Waals surface area (Å²) in [6.07, 6.45) is 1.59. The van der Waals surface area contributed by atoms with Crippen LogP contribution in [0.15, 0.2) is 36.5 Å². The molecule has 0 radical (unpaired) electrons. The van der Waals surface area contributed by atoms with E-state index in [9.17, 15) is 4.79 Å². The molecule has 3 aromatic rings. The fourth-order valence-corrected chi connectivity index (χ4v) is 4.21. The summed E-state index contributed by atoms with van der Waals surface area (Å²) in [4.78, 5) is 21.1. The lowest BCUT2D eigenvalue weighted by Gasteiger charge is -2.39. The highest BCUT2D eigenvalue weighted by Crippen LogP contribution is 2.36. The van der Waals surface area contributed by atoms with Gasteiger partial charge in [-0.25, -0.2) is 14.3 Å². The van der Waals surface area contributed by atoms with Crippen LogP contribution in [-0.4, -0.2) is 57.4 Å². The van der Waals surface area contributed by atoms with Crippen LogP contribution < -0.4 is 4.90 Å². The van der Waals surface area contributed by atoms with E-state index in [1.807, 2.05) is 33.0 Å². The normalized spacial score (nSPS) is 15.2. The number of hydrogen-bond acceptors (Lipinski definition) is 5. The number of hydrogen-bond donors (Lipinski definition) is 0. The number of ether oxygens (including phenoxy) is 1. The minimum atomic E-state index is -0.486. The van der Waals surface area contributed by atoms with Gasteiger partial charge in [-0.3, -0.25) is 0 Å². The number of imidazole rings is 1. The number of nitrogens with zero attached hydrogens (tertiary/aromatic N) is 5. The van der Waals surface area contributed by atoms with Crippen molar-refractivity contribution in [2.45, 2.75) is 52.6 Å². The van der Waals surface area contributed by atoms with Gasteiger partial charge in [-0.1, -0.05) is 38.4 Å². The third-order valence-electron chi connectivity index (χ3n) is 5.70. The molecule has 0 N–H and O–H groups in total. The first-order valence-electron chi connectivity index (χ1n) is 11.3. The Labute approximate surface area is 200 Å². The van der Waals surface area contributed by atoms with Gasteiger partial charge in [-0.2, -0.15) is 5.10 Å². The Morgan fingerprint density at radius 2 is 1.70 bits per heavy atom. The molecular formula is C25H32ClN5O2. The number of rotatable bonds is 2. The first kappa shape index (κ1) is 23.4. The third kappa shape index (κ3) is 5.08. The second-order valence-electron chi connectivity index (χ2n) is 10.5. The van der Waals surface area contributed by atoms with Gasteiger partial charge in [-0.15, -0.1) is 0 Å². The average Bonchev–Trinajstić information content (AvgIpc) is 3.14. The fraction of sp³-hybridized carbons (Fsp3) is 0.480. The van der Waals surface area contributed by atoms with Crippen molar-refractivity contribution in [3.8, 4) is 11.3 Å². The molecular weight excluding hydrogens is 438 g/mol. The number of carbonyl (C=O) groups is 1. The number of halogens is 1. The molecule has 1 saturated heterocycles. The summed E-state index contributed by atoms with van der Waals surface area (Å²) in [7, 11) is 0. The van der Waals surface area contributed by atoms with Gasteiger partial charge in [0.25, 0.3) is 0 Å². The summed E-state index contributed by atoms with van der Waals surface area (Å²) in [6, 6.07) is 10.1. The molecule has 1 aliphatic heterocycles. The van der Waals surface area contributed by atoms with Crippen LogP contribution in [-0.2, 0) is 10.2 Å². The van der Waals surface area contributed by atoms with Gasteiger partial charge in [0, 0.05) is 37.4 Å². The molecule has 1 amide bonds. The van der Waals surface area contributed by atoms with Crippen molar-refractivity contribution >= 4 is 29.0 Å². The quantitative estimate of drug-likeness (QED) is 0.502. The van der Waals surface area contributed by atoms with Gasteiger partial charge < -0.3 is 14.5 Å². The topological polar surface area (TPSA) is 63.0 Å². The molecule has 3 heterocycles. The number of benzene rings is 1. The van der Waals surface area contributed by atoms with Crippen LogP contribution in [0, 0.1) is 0 Å². The maximum absolute atomic E-state index is 12.5. The Bertz CT molecular complexity index is 1170. The van der Waals surface area contributed by atoms with Crippen molar-refractivity contribution < 1.29 is 9.53 Å². The molecule has 8 heteroatoms. The summed E-state index contributed by atoms with van der Waals surface area (Å²) in [6.45, 7) is 15.1. The van der Waals surface area contributed by atoms with Crippen LogP contribution in [0.25, 0.3) is 16.9 Å². The molecule has 1 aromatic carbocycles. The SMILES string of the molecule is CC(C)(C)OC(=O)N1CCN(c2ccc(-c3cnc4ccc(Cl)nn34)cc2C(C)(C)C)CC1. The molecule has 7 nitrogen and oxygen atoms in total. The standard InChI is InChI=1S/C25H32ClN5O2/c1-24(2,3)18-15-17(20-16-27-22-10-9-21(26)28-31(20)22)7-8-19(18)29-11-13-30(14-12-29)23(32)33-25(4,5)6/h7-10,15-16H,11-14H2,1-6H3. The van der Waals surface area contributed by atoms with E-state index in [0.717, 1.165) is 30.0 Å². The van der Waals surface area contributed by atoms with Crippen molar-refractivity contribution in [1.29, 1.82) is 0 Å². The molecule has 33 heavy (non-hydrogen) atoms. The van der Waals surface area contributed by atoms with Crippen LogP contribution in [0.2, 0.25) is 5.15 Å². The smallest absolute Gasteiger partial charge is 0.410 e. The maximum atomic E-state index is 12.5. The zero-order chi connectivity index (χ0) is 24.0. The highest BCUT2D eigenvalue weighted by Gasteiger charge is 2.29. The van der Waals surface area contributed by atoms with Crippen molar-refractivity contribution in [2.24, 2.45) is 0 Å². The minimum Gasteiger partial charge on any atom is -0.444 e. The van der Waals surface area contributed by atoms with Crippen molar-refractivity contribution in [2.75, 3.05) is 31.1 Å². The zero-order valence-electron chi connectivity index (χ0n) is 20.2. The molecule has 0 aliphatic carbocycles. The highest BCUT2D eigenvalue weighted by atomic mass is 35.5. The molecule has 0 bridgehead atoms. The number of aromatic nitrogens is 3.